The van der Waals surface area contributed by atoms with Gasteiger partial charge in [-0.2, -0.15) is 5.10 Å². The van der Waals surface area contributed by atoms with Crippen LogP contribution >= 0.6 is 11.6 Å². The Kier molecular flexibility index (Phi) is 1.90. The minimum absolute atomic E-state index is 0.403. The van der Waals surface area contributed by atoms with E-state index in [1.54, 1.807) is 0 Å². The van der Waals surface area contributed by atoms with Gasteiger partial charge in [-0.1, -0.05) is 17.7 Å². The number of rotatable bonds is 1. The van der Waals surface area contributed by atoms with Gasteiger partial charge in [0.25, 0.3) is 0 Å². The van der Waals surface area contributed by atoms with Crippen molar-refractivity contribution in [2.75, 3.05) is 0 Å². The predicted octanol–water partition coefficient (Wildman–Crippen LogP) is 1.28. The second kappa shape index (κ2) is 3.06. The molecule has 0 aromatic carbocycles. The molecule has 2 aromatic rings. The number of hydrogen-bond acceptors (Lipinski definition) is 3. The molecule has 5 heteroatoms. The first kappa shape index (κ1) is 8.07. The molecule has 0 aliphatic heterocycles. The molecular formula is C8H7ClN4. The summed E-state index contributed by atoms with van der Waals surface area (Å²) in [7, 11) is 0. The Bertz CT molecular complexity index is 460. The van der Waals surface area contributed by atoms with Crippen molar-refractivity contribution in [2.45, 2.75) is 0 Å². The van der Waals surface area contributed by atoms with Gasteiger partial charge in [-0.05, 0) is 12.1 Å². The summed E-state index contributed by atoms with van der Waals surface area (Å²) in [5.74, 6) is 5.05. The smallest absolute Gasteiger partial charge is 0.157 e. The Hall–Kier alpha value is -1.55. The van der Waals surface area contributed by atoms with Gasteiger partial charge < -0.3 is 5.84 Å². The summed E-state index contributed by atoms with van der Waals surface area (Å²) < 4.78 is 1.82. The van der Waals surface area contributed by atoms with Crippen molar-refractivity contribution < 1.29 is 0 Å². The minimum atomic E-state index is 0.403. The molecule has 0 radical (unpaired) electrons. The predicted molar refractivity (Wildman–Crippen MR) is 52.0 cm³/mol. The van der Waals surface area contributed by atoms with Crippen LogP contribution in [0.1, 0.15) is 5.69 Å². The summed E-state index contributed by atoms with van der Waals surface area (Å²) >= 11 is 5.87. The number of fused-ring (bicyclic) bond motifs is 1. The maximum atomic E-state index is 5.87. The van der Waals surface area contributed by atoms with Crippen molar-refractivity contribution in [1.29, 1.82) is 0 Å². The fourth-order valence-corrected chi connectivity index (χ4v) is 1.40. The number of aromatic nitrogens is 2. The molecule has 2 aromatic heterocycles. The maximum absolute atomic E-state index is 5.87. The van der Waals surface area contributed by atoms with Crippen molar-refractivity contribution in [1.82, 2.24) is 9.38 Å². The topological polar surface area (TPSA) is 55.7 Å². The Morgan fingerprint density at radius 1 is 1.54 bits per heavy atom. The molecule has 0 aliphatic rings. The minimum Gasteiger partial charge on any atom is -0.323 e. The number of nitrogens with zero attached hydrogens (tertiary/aromatic N) is 3. The molecule has 13 heavy (non-hydrogen) atoms. The molecule has 0 bridgehead atoms. The second-order valence-electron chi connectivity index (χ2n) is 2.49. The van der Waals surface area contributed by atoms with Crippen LogP contribution in [-0.2, 0) is 0 Å². The monoisotopic (exact) mass is 194 g/mol. The second-order valence-corrected chi connectivity index (χ2v) is 2.85. The first-order chi connectivity index (χ1) is 6.33. The van der Waals surface area contributed by atoms with Crippen molar-refractivity contribution >= 4 is 23.5 Å². The Morgan fingerprint density at radius 2 is 2.38 bits per heavy atom. The highest BCUT2D eigenvalue weighted by Crippen LogP contribution is 2.15. The van der Waals surface area contributed by atoms with Gasteiger partial charge in [0, 0.05) is 6.20 Å². The summed E-state index contributed by atoms with van der Waals surface area (Å²) in [6, 6.07) is 5.64. The lowest BCUT2D eigenvalue weighted by Gasteiger charge is -1.93. The summed E-state index contributed by atoms with van der Waals surface area (Å²) in [6.45, 7) is 0. The van der Waals surface area contributed by atoms with Gasteiger partial charge in [-0.15, -0.1) is 0 Å². The largest absolute Gasteiger partial charge is 0.323 e. The van der Waals surface area contributed by atoms with Crippen LogP contribution in [-0.4, -0.2) is 15.6 Å². The third-order valence-corrected chi connectivity index (χ3v) is 2.00. The number of imidazole rings is 1. The van der Waals surface area contributed by atoms with Gasteiger partial charge in [0.1, 0.15) is 11.3 Å². The average molecular weight is 195 g/mol. The van der Waals surface area contributed by atoms with Gasteiger partial charge in [0.15, 0.2) is 5.15 Å². The van der Waals surface area contributed by atoms with Gasteiger partial charge in [0.05, 0.1) is 6.21 Å². The van der Waals surface area contributed by atoms with Crippen LogP contribution in [0.2, 0.25) is 5.15 Å². The summed E-state index contributed by atoms with van der Waals surface area (Å²) in [5.41, 5.74) is 1.47. The van der Waals surface area contributed by atoms with Crippen LogP contribution in [0.3, 0.4) is 0 Å². The van der Waals surface area contributed by atoms with Crippen molar-refractivity contribution in [3.05, 3.63) is 35.2 Å². The van der Waals surface area contributed by atoms with Crippen LogP contribution in [0.15, 0.2) is 29.5 Å². The molecule has 2 heterocycles. The molecule has 0 fully saturated rings. The average Bonchev–Trinajstić information content (AvgIpc) is 2.44. The van der Waals surface area contributed by atoms with E-state index in [2.05, 4.69) is 10.1 Å². The van der Waals surface area contributed by atoms with E-state index in [4.69, 9.17) is 17.4 Å². The fourth-order valence-electron chi connectivity index (χ4n) is 1.17. The van der Waals surface area contributed by atoms with Crippen LogP contribution in [0.4, 0.5) is 0 Å². The third-order valence-electron chi connectivity index (χ3n) is 1.72. The molecule has 4 nitrogen and oxygen atoms in total. The molecule has 0 saturated carbocycles. The zero-order chi connectivity index (χ0) is 9.26. The lowest BCUT2D eigenvalue weighted by atomic mass is 10.4. The lowest BCUT2D eigenvalue weighted by molar-refractivity contribution is 1.16. The SMILES string of the molecule is N/N=C/c1c(Cl)nc2ccccn12. The summed E-state index contributed by atoms with van der Waals surface area (Å²) in [4.78, 5) is 4.11. The quantitative estimate of drug-likeness (QED) is 0.423. The normalized spacial score (nSPS) is 11.5. The molecule has 0 atom stereocenters. The van der Waals surface area contributed by atoms with E-state index >= 15 is 0 Å². The van der Waals surface area contributed by atoms with E-state index in [9.17, 15) is 0 Å². The molecule has 0 saturated heterocycles. The number of halogens is 1. The van der Waals surface area contributed by atoms with Crippen LogP contribution in [0.25, 0.3) is 5.65 Å². The number of hydrogen-bond donors (Lipinski definition) is 1. The van der Waals surface area contributed by atoms with Crippen molar-refractivity contribution in [3.8, 4) is 0 Å². The standard InChI is InChI=1S/C8H7ClN4/c9-8-6(5-11-10)13-4-2-1-3-7(13)12-8/h1-5H,10H2/b11-5+. The van der Waals surface area contributed by atoms with E-state index in [0.717, 1.165) is 5.65 Å². The van der Waals surface area contributed by atoms with Crippen molar-refractivity contribution in [2.24, 2.45) is 10.9 Å². The Balaban J connectivity index is 2.78. The molecule has 66 valence electrons. The van der Waals surface area contributed by atoms with E-state index in [1.165, 1.54) is 6.21 Å². The van der Waals surface area contributed by atoms with Crippen LogP contribution < -0.4 is 5.84 Å². The lowest BCUT2D eigenvalue weighted by Crippen LogP contribution is -1.92. The zero-order valence-electron chi connectivity index (χ0n) is 6.68. The first-order valence-electron chi connectivity index (χ1n) is 3.69. The molecule has 0 spiro atoms. The van der Waals surface area contributed by atoms with Gasteiger partial charge >= 0.3 is 0 Å². The molecule has 0 aliphatic carbocycles. The Labute approximate surface area is 79.6 Å². The van der Waals surface area contributed by atoms with Gasteiger partial charge in [-0.3, -0.25) is 4.40 Å². The zero-order valence-corrected chi connectivity index (χ0v) is 7.44. The van der Waals surface area contributed by atoms with Crippen LogP contribution in [0, 0.1) is 0 Å². The van der Waals surface area contributed by atoms with Gasteiger partial charge in [0.2, 0.25) is 0 Å². The summed E-state index contributed by atoms with van der Waals surface area (Å²) in [5, 5.41) is 3.82. The third kappa shape index (κ3) is 1.25. The highest BCUT2D eigenvalue weighted by molar-refractivity contribution is 6.32. The highest BCUT2D eigenvalue weighted by Gasteiger charge is 2.06. The number of hydrazone groups is 1. The molecular weight excluding hydrogens is 188 g/mol. The van der Waals surface area contributed by atoms with Gasteiger partial charge in [-0.25, -0.2) is 4.98 Å². The van der Waals surface area contributed by atoms with Crippen molar-refractivity contribution in [3.63, 3.8) is 0 Å². The van der Waals surface area contributed by atoms with E-state index in [1.807, 2.05) is 28.8 Å². The molecule has 0 amide bonds. The number of nitrogens with two attached hydrogens (primary N) is 1. The first-order valence-corrected chi connectivity index (χ1v) is 4.06. The number of pyridine rings is 1. The maximum Gasteiger partial charge on any atom is 0.157 e. The molecule has 2 rings (SSSR count). The summed E-state index contributed by atoms with van der Waals surface area (Å²) in [6.07, 6.45) is 3.33. The molecule has 0 unspecified atom stereocenters. The highest BCUT2D eigenvalue weighted by atomic mass is 35.5. The van der Waals surface area contributed by atoms with E-state index in [0.29, 0.717) is 10.8 Å². The Morgan fingerprint density at radius 3 is 3.15 bits per heavy atom. The fraction of sp³-hybridized carbons (Fsp3) is 0. The molecule has 2 N–H and O–H groups in total. The van der Waals surface area contributed by atoms with Crippen LogP contribution in [0.5, 0.6) is 0 Å². The van der Waals surface area contributed by atoms with E-state index < -0.39 is 0 Å². The van der Waals surface area contributed by atoms with E-state index in [-0.39, 0.29) is 0 Å².